The molecule has 0 aromatic heterocycles. The minimum absolute atomic E-state index is 0. The van der Waals surface area contributed by atoms with E-state index in [1.165, 1.54) is 38.5 Å². The van der Waals surface area contributed by atoms with E-state index in [4.69, 9.17) is 0 Å². The van der Waals surface area contributed by atoms with E-state index in [1.807, 2.05) is 0 Å². The lowest BCUT2D eigenvalue weighted by Crippen LogP contribution is -2.42. The summed E-state index contributed by atoms with van der Waals surface area (Å²) in [5, 5.41) is 6.51. The molecule has 1 saturated heterocycles. The van der Waals surface area contributed by atoms with Gasteiger partial charge >= 0.3 is 0 Å². The Morgan fingerprint density at radius 2 is 1.83 bits per heavy atom. The summed E-state index contributed by atoms with van der Waals surface area (Å²) in [5.74, 6) is 2.03. The topological polar surface area (TPSA) is 73.8 Å². The molecule has 1 heterocycles. The fourth-order valence-electron chi connectivity index (χ4n) is 3.53. The van der Waals surface area contributed by atoms with E-state index in [0.717, 1.165) is 31.3 Å². The number of aliphatic imine (C=N–C) groups is 1. The molecule has 8 heteroatoms. The minimum atomic E-state index is -2.99. The van der Waals surface area contributed by atoms with Crippen molar-refractivity contribution in [2.75, 3.05) is 39.0 Å². The van der Waals surface area contributed by atoms with Crippen molar-refractivity contribution in [3.05, 3.63) is 0 Å². The molecular formula is C16H33IN4O2S. The first-order valence-electron chi connectivity index (χ1n) is 9.04. The second-order valence-corrected chi connectivity index (χ2v) is 8.73. The van der Waals surface area contributed by atoms with Crippen molar-refractivity contribution in [1.82, 2.24) is 14.9 Å². The second kappa shape index (κ2) is 11.5. The first-order chi connectivity index (χ1) is 11.1. The van der Waals surface area contributed by atoms with Gasteiger partial charge in [0.25, 0.3) is 0 Å². The summed E-state index contributed by atoms with van der Waals surface area (Å²) in [4.78, 5) is 4.19. The predicted molar refractivity (Wildman–Crippen MR) is 111 cm³/mol. The molecule has 2 fully saturated rings. The van der Waals surface area contributed by atoms with Gasteiger partial charge in [-0.05, 0) is 18.8 Å². The number of nitrogens with zero attached hydrogens (tertiary/aromatic N) is 2. The van der Waals surface area contributed by atoms with Crippen LogP contribution < -0.4 is 10.6 Å². The van der Waals surface area contributed by atoms with Crippen molar-refractivity contribution in [1.29, 1.82) is 0 Å². The summed E-state index contributed by atoms with van der Waals surface area (Å²) in [6.45, 7) is 2.69. The van der Waals surface area contributed by atoms with Crippen molar-refractivity contribution < 1.29 is 8.42 Å². The van der Waals surface area contributed by atoms with Gasteiger partial charge in [-0.2, -0.15) is 0 Å². The normalized spacial score (nSPS) is 21.6. The highest BCUT2D eigenvalue weighted by Crippen LogP contribution is 2.28. The molecule has 6 nitrogen and oxygen atoms in total. The highest BCUT2D eigenvalue weighted by Gasteiger charge is 2.27. The number of unbranched alkanes of at least 4 members (excludes halogenated alkanes) is 1. The molecule has 0 aromatic carbocycles. The highest BCUT2D eigenvalue weighted by atomic mass is 127. The Morgan fingerprint density at radius 3 is 2.46 bits per heavy atom. The quantitative estimate of drug-likeness (QED) is 0.246. The van der Waals surface area contributed by atoms with Gasteiger partial charge in [-0.3, -0.25) is 4.99 Å². The van der Waals surface area contributed by atoms with E-state index >= 15 is 0 Å². The number of halogens is 1. The predicted octanol–water partition coefficient (Wildman–Crippen LogP) is 2.17. The third kappa shape index (κ3) is 7.43. The van der Waals surface area contributed by atoms with Crippen LogP contribution in [0.1, 0.15) is 51.4 Å². The number of guanidine groups is 1. The maximum Gasteiger partial charge on any atom is 0.214 e. The molecule has 0 unspecified atom stereocenters. The Hall–Kier alpha value is -0.0900. The van der Waals surface area contributed by atoms with Crippen LogP contribution >= 0.6 is 24.0 Å². The molecule has 0 amide bonds. The summed E-state index contributed by atoms with van der Waals surface area (Å²) in [6.07, 6.45) is 10.2. The Labute approximate surface area is 164 Å². The molecule has 1 aliphatic carbocycles. The van der Waals surface area contributed by atoms with Crippen LogP contribution in [0.2, 0.25) is 0 Å². The van der Waals surface area contributed by atoms with Crippen LogP contribution in [-0.4, -0.2) is 57.7 Å². The second-order valence-electron chi connectivity index (χ2n) is 6.64. The first-order valence-corrected chi connectivity index (χ1v) is 10.6. The Balaban J connectivity index is 0.00000288. The first kappa shape index (κ1) is 22.0. The van der Waals surface area contributed by atoms with E-state index in [2.05, 4.69) is 15.6 Å². The largest absolute Gasteiger partial charge is 0.356 e. The zero-order chi connectivity index (χ0) is 16.5. The minimum Gasteiger partial charge on any atom is -0.356 e. The fourth-order valence-corrected chi connectivity index (χ4v) is 5.05. The third-order valence-electron chi connectivity index (χ3n) is 4.89. The molecule has 2 aliphatic rings. The molecule has 1 saturated carbocycles. The average Bonchev–Trinajstić information content (AvgIpc) is 3.15. The van der Waals surface area contributed by atoms with Crippen molar-refractivity contribution in [2.45, 2.75) is 51.4 Å². The Bertz CT molecular complexity index is 478. The summed E-state index contributed by atoms with van der Waals surface area (Å²) in [7, 11) is -1.24. The van der Waals surface area contributed by atoms with Crippen LogP contribution in [0.15, 0.2) is 4.99 Å². The van der Waals surface area contributed by atoms with Gasteiger partial charge in [-0.25, -0.2) is 12.7 Å². The molecule has 0 atom stereocenters. The molecule has 24 heavy (non-hydrogen) atoms. The molecule has 142 valence electrons. The maximum atomic E-state index is 11.7. The van der Waals surface area contributed by atoms with Crippen molar-refractivity contribution in [3.63, 3.8) is 0 Å². The van der Waals surface area contributed by atoms with E-state index in [0.29, 0.717) is 25.4 Å². The number of hydrogen-bond donors (Lipinski definition) is 2. The number of rotatable bonds is 8. The lowest BCUT2D eigenvalue weighted by molar-refractivity contribution is 0.444. The number of hydrogen-bond acceptors (Lipinski definition) is 3. The Kier molecular flexibility index (Phi) is 10.5. The molecule has 0 radical (unpaired) electrons. The summed E-state index contributed by atoms with van der Waals surface area (Å²) in [5.41, 5.74) is 0. The molecule has 2 rings (SSSR count). The van der Waals surface area contributed by atoms with E-state index in [1.54, 1.807) is 11.4 Å². The van der Waals surface area contributed by atoms with Crippen LogP contribution in [0.3, 0.4) is 0 Å². The molecule has 0 spiro atoms. The number of sulfonamides is 1. The van der Waals surface area contributed by atoms with Crippen molar-refractivity contribution in [3.8, 4) is 0 Å². The lowest BCUT2D eigenvalue weighted by atomic mass is 10.0. The molecular weight excluding hydrogens is 439 g/mol. The van der Waals surface area contributed by atoms with Crippen molar-refractivity contribution >= 4 is 40.0 Å². The maximum absolute atomic E-state index is 11.7. The zero-order valence-electron chi connectivity index (χ0n) is 14.8. The third-order valence-corrected chi connectivity index (χ3v) is 6.84. The van der Waals surface area contributed by atoms with E-state index in [9.17, 15) is 8.42 Å². The molecule has 0 bridgehead atoms. The van der Waals surface area contributed by atoms with Crippen LogP contribution in [0.4, 0.5) is 0 Å². The van der Waals surface area contributed by atoms with Crippen molar-refractivity contribution in [2.24, 2.45) is 10.9 Å². The fraction of sp³-hybridized carbons (Fsp3) is 0.938. The zero-order valence-corrected chi connectivity index (χ0v) is 17.9. The lowest BCUT2D eigenvalue weighted by Gasteiger charge is -2.16. The van der Waals surface area contributed by atoms with Gasteiger partial charge in [-0.15, -0.1) is 24.0 Å². The van der Waals surface area contributed by atoms with Crippen LogP contribution in [0, 0.1) is 5.92 Å². The van der Waals surface area contributed by atoms with Gasteiger partial charge in [-0.1, -0.05) is 38.5 Å². The monoisotopic (exact) mass is 472 g/mol. The highest BCUT2D eigenvalue weighted by molar-refractivity contribution is 14.0. The van der Waals surface area contributed by atoms with Gasteiger partial charge in [0.1, 0.15) is 0 Å². The van der Waals surface area contributed by atoms with Gasteiger partial charge in [0.15, 0.2) is 5.96 Å². The van der Waals surface area contributed by atoms with Gasteiger partial charge in [0.05, 0.1) is 5.75 Å². The van der Waals surface area contributed by atoms with Crippen LogP contribution in [0.25, 0.3) is 0 Å². The smallest absolute Gasteiger partial charge is 0.214 e. The molecule has 1 aliphatic heterocycles. The summed E-state index contributed by atoms with van der Waals surface area (Å²) in [6, 6.07) is 0. The molecule has 2 N–H and O–H groups in total. The SMILES string of the molecule is CN=C(NCCCCC1CCCC1)NCCN1CCCS1(=O)=O.I. The summed E-state index contributed by atoms with van der Waals surface area (Å²) >= 11 is 0. The summed E-state index contributed by atoms with van der Waals surface area (Å²) < 4.78 is 25.0. The van der Waals surface area contributed by atoms with Crippen LogP contribution in [-0.2, 0) is 10.0 Å². The van der Waals surface area contributed by atoms with Gasteiger partial charge < -0.3 is 10.6 Å². The molecule has 0 aromatic rings. The average molecular weight is 472 g/mol. The van der Waals surface area contributed by atoms with Gasteiger partial charge in [0, 0.05) is 33.2 Å². The van der Waals surface area contributed by atoms with E-state index < -0.39 is 10.0 Å². The number of nitrogens with one attached hydrogen (secondary N) is 2. The standard InChI is InChI=1S/C16H32N4O2S.HI/c1-17-16(18-10-5-4-9-15-7-2-3-8-15)19-11-13-20-12-6-14-23(20,21)22;/h15H,2-14H2,1H3,(H2,17,18,19);1H. The Morgan fingerprint density at radius 1 is 1.12 bits per heavy atom. The van der Waals surface area contributed by atoms with Gasteiger partial charge in [0.2, 0.25) is 10.0 Å². The van der Waals surface area contributed by atoms with Crippen LogP contribution in [0.5, 0.6) is 0 Å². The van der Waals surface area contributed by atoms with E-state index in [-0.39, 0.29) is 24.0 Å².